The van der Waals surface area contributed by atoms with Crippen LogP contribution in [0.5, 0.6) is 0 Å². The van der Waals surface area contributed by atoms with Gasteiger partial charge in [0.2, 0.25) is 0 Å². The number of aromatic nitrogens is 2. The molecule has 0 radical (unpaired) electrons. The third-order valence-corrected chi connectivity index (χ3v) is 7.69. The summed E-state index contributed by atoms with van der Waals surface area (Å²) in [6.07, 6.45) is 4.30. The van der Waals surface area contributed by atoms with Gasteiger partial charge in [-0.05, 0) is 49.4 Å². The van der Waals surface area contributed by atoms with Crippen LogP contribution >= 0.6 is 0 Å². The first kappa shape index (κ1) is 24.5. The van der Waals surface area contributed by atoms with Crippen LogP contribution in [0.3, 0.4) is 0 Å². The molecule has 5 heteroatoms. The molecule has 0 aliphatic carbocycles. The van der Waals surface area contributed by atoms with E-state index >= 15 is 0 Å². The van der Waals surface area contributed by atoms with Crippen molar-refractivity contribution >= 4 is 11.0 Å². The fourth-order valence-corrected chi connectivity index (χ4v) is 5.67. The zero-order valence-corrected chi connectivity index (χ0v) is 21.5. The predicted molar refractivity (Wildman–Crippen MR) is 148 cm³/mol. The van der Waals surface area contributed by atoms with Gasteiger partial charge in [0.1, 0.15) is 0 Å². The quantitative estimate of drug-likeness (QED) is 0.320. The van der Waals surface area contributed by atoms with Crippen LogP contribution in [0.1, 0.15) is 62.7 Å². The van der Waals surface area contributed by atoms with Crippen LogP contribution in [0.2, 0.25) is 0 Å². The van der Waals surface area contributed by atoms with Crippen LogP contribution < -0.4 is 11.0 Å². The lowest BCUT2D eigenvalue weighted by atomic mass is 9.98. The Bertz CT molecular complexity index is 1260. The summed E-state index contributed by atoms with van der Waals surface area (Å²) in [5.41, 5.74) is 4.86. The Morgan fingerprint density at radius 3 is 1.97 bits per heavy atom. The number of benzene rings is 3. The Morgan fingerprint density at radius 1 is 0.833 bits per heavy atom. The number of nitrogens with zero attached hydrogens (tertiary/aromatic N) is 3. The Labute approximate surface area is 214 Å². The number of likely N-dealkylation sites (tertiary alicyclic amines) is 1. The van der Waals surface area contributed by atoms with Gasteiger partial charge >= 0.3 is 5.69 Å². The molecule has 4 aromatic rings. The van der Waals surface area contributed by atoms with Crippen molar-refractivity contribution in [2.24, 2.45) is 0 Å². The summed E-state index contributed by atoms with van der Waals surface area (Å²) in [4.78, 5) is 16.0. The number of piperidine rings is 1. The van der Waals surface area contributed by atoms with Crippen molar-refractivity contribution in [1.29, 1.82) is 0 Å². The molecule has 1 aromatic heterocycles. The monoisotopic (exact) mass is 482 g/mol. The lowest BCUT2D eigenvalue weighted by Gasteiger charge is -2.38. The van der Waals surface area contributed by atoms with Gasteiger partial charge in [-0.1, -0.05) is 86.1 Å². The highest BCUT2D eigenvalue weighted by Gasteiger charge is 2.28. The fourth-order valence-electron chi connectivity index (χ4n) is 5.67. The van der Waals surface area contributed by atoms with Crippen LogP contribution in [-0.4, -0.2) is 33.3 Å². The van der Waals surface area contributed by atoms with Gasteiger partial charge in [-0.15, -0.1) is 0 Å². The molecule has 1 aliphatic heterocycles. The third kappa shape index (κ3) is 5.04. The molecule has 3 aromatic carbocycles. The van der Waals surface area contributed by atoms with E-state index in [0.717, 1.165) is 56.4 Å². The van der Waals surface area contributed by atoms with E-state index in [-0.39, 0.29) is 23.9 Å². The van der Waals surface area contributed by atoms with Crippen LogP contribution in [0.25, 0.3) is 11.0 Å². The second-order valence-electron chi connectivity index (χ2n) is 10.0. The average molecular weight is 483 g/mol. The normalized spacial score (nSPS) is 16.1. The van der Waals surface area contributed by atoms with Crippen molar-refractivity contribution in [3.8, 4) is 0 Å². The van der Waals surface area contributed by atoms with Crippen molar-refractivity contribution in [3.63, 3.8) is 0 Å². The first-order chi connectivity index (χ1) is 17.7. The molecule has 1 N–H and O–H groups in total. The van der Waals surface area contributed by atoms with Gasteiger partial charge in [-0.3, -0.25) is 19.4 Å². The molecule has 1 unspecified atom stereocenters. The van der Waals surface area contributed by atoms with Crippen LogP contribution in [0.15, 0.2) is 89.7 Å². The number of hydrogen-bond acceptors (Lipinski definition) is 3. The molecule has 2 heterocycles. The maximum absolute atomic E-state index is 13.5. The molecule has 5 nitrogen and oxygen atoms in total. The van der Waals surface area contributed by atoms with Crippen LogP contribution in [0, 0.1) is 0 Å². The first-order valence-corrected chi connectivity index (χ1v) is 13.5. The number of aryl methyl sites for hydroxylation is 1. The predicted octanol–water partition coefficient (Wildman–Crippen LogP) is 5.97. The molecule has 1 atom stereocenters. The lowest BCUT2D eigenvalue weighted by Crippen LogP contribution is -2.49. The molecule has 1 fully saturated rings. The van der Waals surface area contributed by atoms with E-state index in [9.17, 15) is 4.79 Å². The number of fused-ring (bicyclic) bond motifs is 1. The Hall–Kier alpha value is -3.15. The highest BCUT2D eigenvalue weighted by Crippen LogP contribution is 2.28. The SMILES string of the molecule is CCCCn1c(=O)n(C2CCN(C(C)NC(c3ccccc3)c3ccccc3)CC2)c2ccccc21. The van der Waals surface area contributed by atoms with Crippen LogP contribution in [0.4, 0.5) is 0 Å². The van der Waals surface area contributed by atoms with Gasteiger partial charge < -0.3 is 0 Å². The molecule has 5 rings (SSSR count). The molecule has 188 valence electrons. The number of nitrogens with one attached hydrogen (secondary N) is 1. The van der Waals surface area contributed by atoms with Crippen molar-refractivity contribution in [1.82, 2.24) is 19.4 Å². The largest absolute Gasteiger partial charge is 0.329 e. The highest BCUT2D eigenvalue weighted by molar-refractivity contribution is 5.76. The van der Waals surface area contributed by atoms with Crippen molar-refractivity contribution in [2.45, 2.75) is 64.3 Å². The van der Waals surface area contributed by atoms with Gasteiger partial charge in [0.25, 0.3) is 0 Å². The standard InChI is InChI=1S/C31H38N4O/c1-3-4-21-34-28-17-11-12-18-29(28)35(31(34)36)27-19-22-33(23-20-27)24(2)32-30(25-13-7-5-8-14-25)26-15-9-6-10-16-26/h5-18,24,27,30,32H,3-4,19-23H2,1-2H3. The molecule has 1 aliphatic rings. The van der Waals surface area contributed by atoms with E-state index in [1.165, 1.54) is 11.1 Å². The summed E-state index contributed by atoms with van der Waals surface area (Å²) in [6, 6.07) is 30.1. The minimum Gasteiger partial charge on any atom is -0.292 e. The highest BCUT2D eigenvalue weighted by atomic mass is 16.1. The number of para-hydroxylation sites is 2. The number of hydrogen-bond donors (Lipinski definition) is 1. The first-order valence-electron chi connectivity index (χ1n) is 13.5. The molecule has 0 saturated carbocycles. The summed E-state index contributed by atoms with van der Waals surface area (Å²) in [5.74, 6) is 0. The molecule has 0 bridgehead atoms. The second kappa shape index (κ2) is 11.3. The smallest absolute Gasteiger partial charge is 0.292 e. The number of imidazole rings is 1. The van der Waals surface area contributed by atoms with Gasteiger partial charge in [0.05, 0.1) is 23.2 Å². The Balaban J connectivity index is 1.31. The molecule has 0 amide bonds. The molecule has 1 saturated heterocycles. The van der Waals surface area contributed by atoms with E-state index in [4.69, 9.17) is 0 Å². The Kier molecular flexibility index (Phi) is 7.69. The third-order valence-electron chi connectivity index (χ3n) is 7.69. The van der Waals surface area contributed by atoms with Crippen molar-refractivity contribution < 1.29 is 0 Å². The molecule has 0 spiro atoms. The van der Waals surface area contributed by atoms with Crippen molar-refractivity contribution in [2.75, 3.05) is 13.1 Å². The summed E-state index contributed by atoms with van der Waals surface area (Å²) in [6.45, 7) is 7.17. The molecular weight excluding hydrogens is 444 g/mol. The maximum Gasteiger partial charge on any atom is 0.329 e. The molecule has 36 heavy (non-hydrogen) atoms. The van der Waals surface area contributed by atoms with E-state index < -0.39 is 0 Å². The molecular formula is C31H38N4O. The zero-order chi connectivity index (χ0) is 24.9. The van der Waals surface area contributed by atoms with E-state index in [0.29, 0.717) is 0 Å². The van der Waals surface area contributed by atoms with Crippen LogP contribution in [-0.2, 0) is 6.54 Å². The second-order valence-corrected chi connectivity index (χ2v) is 10.0. The minimum atomic E-state index is 0.138. The Morgan fingerprint density at radius 2 is 1.39 bits per heavy atom. The summed E-state index contributed by atoms with van der Waals surface area (Å²) < 4.78 is 4.07. The average Bonchev–Trinajstić information content (AvgIpc) is 3.22. The van der Waals surface area contributed by atoms with Gasteiger partial charge in [0.15, 0.2) is 0 Å². The number of unbranched alkanes of at least 4 members (excludes halogenated alkanes) is 1. The van der Waals surface area contributed by atoms with E-state index in [1.807, 2.05) is 10.6 Å². The summed E-state index contributed by atoms with van der Waals surface area (Å²) in [5, 5.41) is 3.90. The van der Waals surface area contributed by atoms with Gasteiger partial charge in [0, 0.05) is 25.7 Å². The van der Waals surface area contributed by atoms with Crippen molar-refractivity contribution in [3.05, 3.63) is 107 Å². The lowest BCUT2D eigenvalue weighted by molar-refractivity contribution is 0.118. The topological polar surface area (TPSA) is 42.2 Å². The van der Waals surface area contributed by atoms with E-state index in [2.05, 4.69) is 107 Å². The van der Waals surface area contributed by atoms with Gasteiger partial charge in [-0.2, -0.15) is 0 Å². The number of rotatable bonds is 9. The van der Waals surface area contributed by atoms with Gasteiger partial charge in [-0.25, -0.2) is 4.79 Å². The van der Waals surface area contributed by atoms with E-state index in [1.54, 1.807) is 0 Å². The summed E-state index contributed by atoms with van der Waals surface area (Å²) >= 11 is 0. The maximum atomic E-state index is 13.5. The minimum absolute atomic E-state index is 0.138. The summed E-state index contributed by atoms with van der Waals surface area (Å²) in [7, 11) is 0. The fraction of sp³-hybridized carbons (Fsp3) is 0.387. The zero-order valence-electron chi connectivity index (χ0n) is 21.5.